The van der Waals surface area contributed by atoms with Crippen molar-refractivity contribution in [2.75, 3.05) is 10.6 Å². The van der Waals surface area contributed by atoms with E-state index in [9.17, 15) is 14.4 Å². The number of benzene rings is 3. The number of hydrogen-bond donors (Lipinski definition) is 3. The quantitative estimate of drug-likeness (QED) is 0.466. The molecule has 3 N–H and O–H groups in total. The zero-order chi connectivity index (χ0) is 21.3. The number of amides is 3. The fourth-order valence-electron chi connectivity index (χ4n) is 3.44. The molecule has 150 valence electrons. The van der Waals surface area contributed by atoms with Gasteiger partial charge in [0, 0.05) is 34.1 Å². The molecule has 0 radical (unpaired) electrons. The minimum Gasteiger partial charge on any atom is -0.336 e. The molecule has 0 saturated carbocycles. The Kier molecular flexibility index (Phi) is 5.06. The minimum atomic E-state index is -0.306. The van der Waals surface area contributed by atoms with Gasteiger partial charge in [-0.05, 0) is 61.4 Å². The van der Waals surface area contributed by atoms with Crippen LogP contribution >= 0.6 is 0 Å². The second kappa shape index (κ2) is 7.83. The van der Waals surface area contributed by atoms with E-state index >= 15 is 0 Å². The van der Waals surface area contributed by atoms with Crippen molar-refractivity contribution in [2.24, 2.45) is 0 Å². The lowest BCUT2D eigenvalue weighted by Gasteiger charge is -2.11. The smallest absolute Gasteiger partial charge is 0.319 e. The molecule has 3 aromatic carbocycles. The Labute approximate surface area is 174 Å². The van der Waals surface area contributed by atoms with E-state index in [1.807, 2.05) is 38.1 Å². The molecule has 30 heavy (non-hydrogen) atoms. The van der Waals surface area contributed by atoms with E-state index in [4.69, 9.17) is 0 Å². The first kappa shape index (κ1) is 19.4. The topological polar surface area (TPSA) is 87.3 Å². The third-order valence-corrected chi connectivity index (χ3v) is 4.81. The second-order valence-corrected chi connectivity index (χ2v) is 7.42. The molecule has 0 unspecified atom stereocenters. The summed E-state index contributed by atoms with van der Waals surface area (Å²) in [5.41, 5.74) is 4.57. The van der Waals surface area contributed by atoms with Crippen LogP contribution in [-0.4, -0.2) is 23.8 Å². The van der Waals surface area contributed by atoms with Crippen LogP contribution in [0.25, 0.3) is 11.1 Å². The van der Waals surface area contributed by atoms with Gasteiger partial charge in [-0.2, -0.15) is 0 Å². The molecule has 0 saturated heterocycles. The number of rotatable bonds is 4. The molecule has 0 bridgehead atoms. The Morgan fingerprint density at radius 1 is 0.733 bits per heavy atom. The Morgan fingerprint density at radius 2 is 1.33 bits per heavy atom. The number of urea groups is 1. The van der Waals surface area contributed by atoms with E-state index in [0.29, 0.717) is 28.1 Å². The zero-order valence-corrected chi connectivity index (χ0v) is 16.7. The number of carbonyl (C=O) groups excluding carboxylic acids is 3. The highest BCUT2D eigenvalue weighted by atomic mass is 16.2. The maximum Gasteiger partial charge on any atom is 0.319 e. The van der Waals surface area contributed by atoms with Gasteiger partial charge < -0.3 is 16.0 Å². The highest BCUT2D eigenvalue weighted by Crippen LogP contribution is 2.36. The Bertz CT molecular complexity index is 1150. The van der Waals surface area contributed by atoms with E-state index in [1.54, 1.807) is 42.5 Å². The Morgan fingerprint density at radius 3 is 2.00 bits per heavy atom. The first-order valence-electron chi connectivity index (χ1n) is 9.69. The monoisotopic (exact) mass is 399 g/mol. The molecule has 0 aliphatic heterocycles. The summed E-state index contributed by atoms with van der Waals surface area (Å²) >= 11 is 0. The van der Waals surface area contributed by atoms with Crippen LogP contribution in [0.4, 0.5) is 16.2 Å². The molecule has 6 heteroatoms. The van der Waals surface area contributed by atoms with Gasteiger partial charge in [-0.15, -0.1) is 0 Å². The molecular weight excluding hydrogens is 378 g/mol. The molecule has 3 amide bonds. The van der Waals surface area contributed by atoms with Gasteiger partial charge in [0.25, 0.3) is 5.91 Å². The van der Waals surface area contributed by atoms with Crippen molar-refractivity contribution in [3.8, 4) is 11.1 Å². The van der Waals surface area contributed by atoms with Crippen molar-refractivity contribution >= 4 is 29.1 Å². The molecule has 3 aromatic rings. The number of nitrogens with one attached hydrogen (secondary N) is 3. The lowest BCUT2D eigenvalue weighted by atomic mass is 10.0. The van der Waals surface area contributed by atoms with Crippen LogP contribution in [0.15, 0.2) is 66.7 Å². The summed E-state index contributed by atoms with van der Waals surface area (Å²) in [5.74, 6) is -0.370. The normalized spacial score (nSPS) is 11.6. The van der Waals surface area contributed by atoms with Gasteiger partial charge in [0.05, 0.1) is 0 Å². The Hall–Kier alpha value is -3.93. The molecular formula is C24H21N3O3. The SMILES string of the molecule is CC(C)NC(=O)Nc1ccc(NC(=O)c2ccc3c(c2)C(=O)c2ccccc2-3)cc1. The lowest BCUT2D eigenvalue weighted by Crippen LogP contribution is -2.34. The molecule has 1 aliphatic rings. The summed E-state index contributed by atoms with van der Waals surface area (Å²) in [4.78, 5) is 37.1. The molecule has 1 aliphatic carbocycles. The van der Waals surface area contributed by atoms with Gasteiger partial charge in [0.15, 0.2) is 5.78 Å². The van der Waals surface area contributed by atoms with Crippen molar-refractivity contribution in [3.05, 3.63) is 83.4 Å². The van der Waals surface area contributed by atoms with E-state index in [-0.39, 0.29) is 23.8 Å². The van der Waals surface area contributed by atoms with Crippen LogP contribution in [0.1, 0.15) is 40.1 Å². The van der Waals surface area contributed by atoms with Gasteiger partial charge >= 0.3 is 6.03 Å². The van der Waals surface area contributed by atoms with Crippen LogP contribution in [0, 0.1) is 0 Å². The first-order chi connectivity index (χ1) is 14.4. The molecule has 4 rings (SSSR count). The van der Waals surface area contributed by atoms with E-state index in [0.717, 1.165) is 11.1 Å². The zero-order valence-electron chi connectivity index (χ0n) is 16.7. The largest absolute Gasteiger partial charge is 0.336 e. The fourth-order valence-corrected chi connectivity index (χ4v) is 3.44. The summed E-state index contributed by atoms with van der Waals surface area (Å²) in [6, 6.07) is 19.2. The standard InChI is InChI=1S/C24H21N3O3/c1-14(2)25-24(30)27-17-10-8-16(9-11-17)26-23(29)15-7-12-19-18-5-3-4-6-20(18)22(28)21(19)13-15/h3-14H,1-2H3,(H,26,29)(H2,25,27,30). The Balaban J connectivity index is 1.46. The van der Waals surface area contributed by atoms with Crippen LogP contribution < -0.4 is 16.0 Å². The van der Waals surface area contributed by atoms with Crippen molar-refractivity contribution < 1.29 is 14.4 Å². The number of anilines is 2. The third kappa shape index (κ3) is 3.80. The molecule has 0 atom stereocenters. The predicted octanol–water partition coefficient (Wildman–Crippen LogP) is 4.68. The highest BCUT2D eigenvalue weighted by Gasteiger charge is 2.27. The second-order valence-electron chi connectivity index (χ2n) is 7.42. The van der Waals surface area contributed by atoms with Crippen LogP contribution in [0.5, 0.6) is 0 Å². The highest BCUT2D eigenvalue weighted by molar-refractivity contribution is 6.22. The molecule has 0 fully saturated rings. The number of hydrogen-bond acceptors (Lipinski definition) is 3. The first-order valence-corrected chi connectivity index (χ1v) is 9.69. The maximum atomic E-state index is 12.7. The van der Waals surface area contributed by atoms with E-state index in [1.165, 1.54) is 0 Å². The molecule has 0 spiro atoms. The summed E-state index contributed by atoms with van der Waals surface area (Å²) < 4.78 is 0. The van der Waals surface area contributed by atoms with Crippen molar-refractivity contribution in [1.82, 2.24) is 5.32 Å². The van der Waals surface area contributed by atoms with Gasteiger partial charge in [-0.3, -0.25) is 9.59 Å². The van der Waals surface area contributed by atoms with Gasteiger partial charge in [-0.1, -0.05) is 30.3 Å². The summed E-state index contributed by atoms with van der Waals surface area (Å²) in [6.07, 6.45) is 0. The summed E-state index contributed by atoms with van der Waals surface area (Å²) in [7, 11) is 0. The summed E-state index contributed by atoms with van der Waals surface area (Å²) in [5, 5.41) is 8.29. The van der Waals surface area contributed by atoms with Crippen LogP contribution in [0.3, 0.4) is 0 Å². The molecule has 6 nitrogen and oxygen atoms in total. The molecule has 0 aromatic heterocycles. The maximum absolute atomic E-state index is 12.7. The minimum absolute atomic E-state index is 0.0376. The van der Waals surface area contributed by atoms with Crippen LogP contribution in [-0.2, 0) is 0 Å². The predicted molar refractivity (Wildman–Crippen MR) is 117 cm³/mol. The van der Waals surface area contributed by atoms with Gasteiger partial charge in [0.2, 0.25) is 0 Å². The molecule has 0 heterocycles. The van der Waals surface area contributed by atoms with Gasteiger partial charge in [-0.25, -0.2) is 4.79 Å². The van der Waals surface area contributed by atoms with E-state index < -0.39 is 0 Å². The number of carbonyl (C=O) groups is 3. The average Bonchev–Trinajstić information content (AvgIpc) is 3.01. The van der Waals surface area contributed by atoms with Crippen molar-refractivity contribution in [1.29, 1.82) is 0 Å². The number of fused-ring (bicyclic) bond motifs is 3. The van der Waals surface area contributed by atoms with E-state index in [2.05, 4.69) is 16.0 Å². The van der Waals surface area contributed by atoms with Crippen molar-refractivity contribution in [3.63, 3.8) is 0 Å². The summed E-state index contributed by atoms with van der Waals surface area (Å²) in [6.45, 7) is 3.76. The number of ketones is 1. The fraction of sp³-hybridized carbons (Fsp3) is 0.125. The van der Waals surface area contributed by atoms with Crippen molar-refractivity contribution in [2.45, 2.75) is 19.9 Å². The van der Waals surface area contributed by atoms with Crippen LogP contribution in [0.2, 0.25) is 0 Å². The third-order valence-electron chi connectivity index (χ3n) is 4.81. The lowest BCUT2D eigenvalue weighted by molar-refractivity contribution is 0.102. The van der Waals surface area contributed by atoms with Gasteiger partial charge in [0.1, 0.15) is 0 Å². The average molecular weight is 399 g/mol.